The molecule has 2 aliphatic carbocycles. The quantitative estimate of drug-likeness (QED) is 0.827. The number of piperazine rings is 1. The molecule has 2 nitrogen and oxygen atoms in total. The van der Waals surface area contributed by atoms with Crippen LogP contribution in [-0.2, 0) is 0 Å². The fourth-order valence-electron chi connectivity index (χ4n) is 4.25. The molecule has 18 heavy (non-hydrogen) atoms. The summed E-state index contributed by atoms with van der Waals surface area (Å²) in [6.07, 6.45) is 11.5. The number of hydrogen-bond acceptors (Lipinski definition) is 2. The van der Waals surface area contributed by atoms with E-state index in [9.17, 15) is 0 Å². The molecular weight excluding hydrogens is 220 g/mol. The normalized spacial score (nSPS) is 34.7. The van der Waals surface area contributed by atoms with Crippen molar-refractivity contribution in [2.24, 2.45) is 5.92 Å². The molecule has 0 radical (unpaired) electrons. The van der Waals surface area contributed by atoms with Crippen molar-refractivity contribution in [1.82, 2.24) is 10.2 Å². The van der Waals surface area contributed by atoms with Crippen LogP contribution in [0.25, 0.3) is 0 Å². The molecule has 1 spiro atoms. The van der Waals surface area contributed by atoms with Crippen LogP contribution in [0.15, 0.2) is 0 Å². The summed E-state index contributed by atoms with van der Waals surface area (Å²) in [7, 11) is 0. The lowest BCUT2D eigenvalue weighted by Gasteiger charge is -2.54. The Morgan fingerprint density at radius 3 is 2.56 bits per heavy atom. The number of nitrogens with one attached hydrogen (secondary N) is 1. The summed E-state index contributed by atoms with van der Waals surface area (Å²) in [5.41, 5.74) is 0.513. The SMILES string of the molecule is CCC(C)N1CC(C2CC2)NCC12CCCCC2. The van der Waals surface area contributed by atoms with Crippen molar-refractivity contribution in [3.8, 4) is 0 Å². The van der Waals surface area contributed by atoms with E-state index in [1.165, 1.54) is 64.5 Å². The molecule has 3 aliphatic rings. The monoisotopic (exact) mass is 250 g/mol. The summed E-state index contributed by atoms with van der Waals surface area (Å²) >= 11 is 0. The maximum atomic E-state index is 3.91. The van der Waals surface area contributed by atoms with E-state index in [1.54, 1.807) is 0 Å². The number of rotatable bonds is 3. The fourth-order valence-corrected chi connectivity index (χ4v) is 4.25. The summed E-state index contributed by atoms with van der Waals surface area (Å²) in [4.78, 5) is 2.91. The van der Waals surface area contributed by atoms with Gasteiger partial charge < -0.3 is 5.32 Å². The van der Waals surface area contributed by atoms with Crippen LogP contribution in [0.2, 0.25) is 0 Å². The van der Waals surface area contributed by atoms with Gasteiger partial charge in [-0.15, -0.1) is 0 Å². The van der Waals surface area contributed by atoms with Crippen molar-refractivity contribution < 1.29 is 0 Å². The van der Waals surface area contributed by atoms with Gasteiger partial charge in [0.15, 0.2) is 0 Å². The Hall–Kier alpha value is -0.0800. The summed E-state index contributed by atoms with van der Waals surface area (Å²) in [6.45, 7) is 7.39. The zero-order valence-corrected chi connectivity index (χ0v) is 12.3. The lowest BCUT2D eigenvalue weighted by molar-refractivity contribution is -0.0220. The van der Waals surface area contributed by atoms with Gasteiger partial charge in [0.05, 0.1) is 0 Å². The second kappa shape index (κ2) is 5.13. The molecule has 0 aromatic heterocycles. The van der Waals surface area contributed by atoms with Gasteiger partial charge in [0, 0.05) is 30.7 Å². The Bertz CT molecular complexity index is 279. The first kappa shape index (κ1) is 12.9. The standard InChI is InChI=1S/C16H30N2/c1-3-13(2)18-11-15(14-7-8-14)17-12-16(18)9-5-4-6-10-16/h13-15,17H,3-12H2,1-2H3. The van der Waals surface area contributed by atoms with Gasteiger partial charge in [-0.25, -0.2) is 0 Å². The minimum absolute atomic E-state index is 0.513. The van der Waals surface area contributed by atoms with Crippen LogP contribution in [0, 0.1) is 5.92 Å². The summed E-state index contributed by atoms with van der Waals surface area (Å²) in [5, 5.41) is 3.91. The second-order valence-corrected chi connectivity index (χ2v) is 7.02. The van der Waals surface area contributed by atoms with E-state index in [1.807, 2.05) is 0 Å². The smallest absolute Gasteiger partial charge is 0.0337 e. The molecule has 2 unspecified atom stereocenters. The van der Waals surface area contributed by atoms with E-state index < -0.39 is 0 Å². The molecule has 3 rings (SSSR count). The molecule has 2 saturated carbocycles. The van der Waals surface area contributed by atoms with Gasteiger partial charge in [-0.05, 0) is 44.9 Å². The maximum Gasteiger partial charge on any atom is 0.0337 e. The Kier molecular flexibility index (Phi) is 3.68. The molecule has 3 fully saturated rings. The summed E-state index contributed by atoms with van der Waals surface area (Å²) in [5.74, 6) is 0.998. The van der Waals surface area contributed by atoms with E-state index in [4.69, 9.17) is 0 Å². The average Bonchev–Trinajstić information content (AvgIpc) is 3.24. The average molecular weight is 250 g/mol. The zero-order valence-electron chi connectivity index (χ0n) is 12.3. The second-order valence-electron chi connectivity index (χ2n) is 7.02. The van der Waals surface area contributed by atoms with Gasteiger partial charge in [0.2, 0.25) is 0 Å². The van der Waals surface area contributed by atoms with Gasteiger partial charge in [-0.1, -0.05) is 26.2 Å². The van der Waals surface area contributed by atoms with E-state index >= 15 is 0 Å². The molecule has 0 aromatic carbocycles. The van der Waals surface area contributed by atoms with E-state index in [2.05, 4.69) is 24.1 Å². The van der Waals surface area contributed by atoms with Crippen molar-refractivity contribution in [3.63, 3.8) is 0 Å². The van der Waals surface area contributed by atoms with Crippen LogP contribution in [0.4, 0.5) is 0 Å². The van der Waals surface area contributed by atoms with Crippen LogP contribution in [0.1, 0.15) is 65.2 Å². The molecule has 1 heterocycles. The fraction of sp³-hybridized carbons (Fsp3) is 1.00. The molecule has 0 aromatic rings. The van der Waals surface area contributed by atoms with E-state index in [0.29, 0.717) is 5.54 Å². The van der Waals surface area contributed by atoms with Crippen LogP contribution in [-0.4, -0.2) is 35.6 Å². The molecule has 0 amide bonds. The first-order valence-electron chi connectivity index (χ1n) is 8.25. The van der Waals surface area contributed by atoms with Crippen molar-refractivity contribution in [3.05, 3.63) is 0 Å². The lowest BCUT2D eigenvalue weighted by Crippen LogP contribution is -2.67. The zero-order chi connectivity index (χ0) is 12.6. The van der Waals surface area contributed by atoms with Crippen LogP contribution in [0.3, 0.4) is 0 Å². The summed E-state index contributed by atoms with van der Waals surface area (Å²) < 4.78 is 0. The topological polar surface area (TPSA) is 15.3 Å². The molecule has 0 bridgehead atoms. The van der Waals surface area contributed by atoms with Gasteiger partial charge in [-0.2, -0.15) is 0 Å². The van der Waals surface area contributed by atoms with Gasteiger partial charge in [-0.3, -0.25) is 4.90 Å². The van der Waals surface area contributed by atoms with E-state index in [-0.39, 0.29) is 0 Å². The predicted octanol–water partition coefficient (Wildman–Crippen LogP) is 3.17. The molecule has 104 valence electrons. The van der Waals surface area contributed by atoms with Crippen molar-refractivity contribution in [2.75, 3.05) is 13.1 Å². The highest BCUT2D eigenvalue weighted by Crippen LogP contribution is 2.41. The highest BCUT2D eigenvalue weighted by atomic mass is 15.3. The number of nitrogens with zero attached hydrogens (tertiary/aromatic N) is 1. The highest BCUT2D eigenvalue weighted by Gasteiger charge is 2.46. The Morgan fingerprint density at radius 2 is 1.94 bits per heavy atom. The third kappa shape index (κ3) is 2.34. The van der Waals surface area contributed by atoms with Gasteiger partial charge in [0.25, 0.3) is 0 Å². The number of hydrogen-bond donors (Lipinski definition) is 1. The summed E-state index contributed by atoms with van der Waals surface area (Å²) in [6, 6.07) is 1.57. The molecule has 1 N–H and O–H groups in total. The lowest BCUT2D eigenvalue weighted by atomic mass is 9.77. The minimum Gasteiger partial charge on any atom is -0.311 e. The van der Waals surface area contributed by atoms with Crippen molar-refractivity contribution in [2.45, 2.75) is 82.8 Å². The van der Waals surface area contributed by atoms with E-state index in [0.717, 1.165) is 18.0 Å². The first-order valence-corrected chi connectivity index (χ1v) is 8.25. The third-order valence-electron chi connectivity index (χ3n) is 5.79. The van der Waals surface area contributed by atoms with Gasteiger partial charge >= 0.3 is 0 Å². The van der Waals surface area contributed by atoms with Crippen LogP contribution < -0.4 is 5.32 Å². The Labute approximate surface area is 113 Å². The van der Waals surface area contributed by atoms with Crippen molar-refractivity contribution >= 4 is 0 Å². The highest BCUT2D eigenvalue weighted by molar-refractivity contribution is 5.04. The van der Waals surface area contributed by atoms with Crippen LogP contribution >= 0.6 is 0 Å². The molecule has 1 aliphatic heterocycles. The predicted molar refractivity (Wildman–Crippen MR) is 76.8 cm³/mol. The maximum absolute atomic E-state index is 3.91. The third-order valence-corrected chi connectivity index (χ3v) is 5.79. The molecular formula is C16H30N2. The largest absolute Gasteiger partial charge is 0.311 e. The Balaban J connectivity index is 1.74. The first-order chi connectivity index (χ1) is 8.75. The van der Waals surface area contributed by atoms with Gasteiger partial charge in [0.1, 0.15) is 0 Å². The molecule has 1 saturated heterocycles. The molecule has 2 atom stereocenters. The Morgan fingerprint density at radius 1 is 1.22 bits per heavy atom. The van der Waals surface area contributed by atoms with Crippen LogP contribution in [0.5, 0.6) is 0 Å². The van der Waals surface area contributed by atoms with Crippen molar-refractivity contribution in [1.29, 1.82) is 0 Å². The molecule has 2 heteroatoms. The minimum atomic E-state index is 0.513.